The van der Waals surface area contributed by atoms with E-state index in [1.807, 2.05) is 24.3 Å². The highest BCUT2D eigenvalue weighted by atomic mass is 16.5. The molecule has 0 saturated carbocycles. The summed E-state index contributed by atoms with van der Waals surface area (Å²) in [5.74, 6) is -1.76. The van der Waals surface area contributed by atoms with E-state index in [0.717, 1.165) is 16.3 Å². The van der Waals surface area contributed by atoms with Crippen LogP contribution in [-0.2, 0) is 9.53 Å². The van der Waals surface area contributed by atoms with Gasteiger partial charge in [0.15, 0.2) is 0 Å². The van der Waals surface area contributed by atoms with Crippen molar-refractivity contribution >= 4 is 39.5 Å². The van der Waals surface area contributed by atoms with Crippen LogP contribution in [0.2, 0.25) is 0 Å². The van der Waals surface area contributed by atoms with Crippen LogP contribution < -0.4 is 0 Å². The molecule has 0 amide bonds. The van der Waals surface area contributed by atoms with E-state index >= 15 is 0 Å². The molecule has 3 aromatic rings. The largest absolute Gasteiger partial charge is 0.460 e. The average Bonchev–Trinajstić information content (AvgIpc) is 2.88. The Morgan fingerprint density at radius 1 is 1.00 bits per heavy atom. The Morgan fingerprint density at radius 2 is 1.70 bits per heavy atom. The molecule has 116 valence electrons. The first kappa shape index (κ1) is 15.0. The number of hydrogen-bond acceptors (Lipinski definition) is 4. The smallest absolute Gasteiger partial charge is 0.379 e. The van der Waals surface area contributed by atoms with Crippen molar-refractivity contribution in [3.63, 3.8) is 0 Å². The molecule has 0 N–H and O–H groups in total. The van der Waals surface area contributed by atoms with Gasteiger partial charge in [0, 0.05) is 23.3 Å². The number of carbonyl (C=O) groups excluding carboxylic acids is 3. The van der Waals surface area contributed by atoms with Gasteiger partial charge in [-0.2, -0.15) is 0 Å². The maximum atomic E-state index is 12.1. The van der Waals surface area contributed by atoms with Crippen molar-refractivity contribution in [3.8, 4) is 0 Å². The van der Waals surface area contributed by atoms with E-state index in [1.165, 1.54) is 6.92 Å². The number of carbonyl (C=O) groups is 3. The lowest BCUT2D eigenvalue weighted by molar-refractivity contribution is -0.137. The van der Waals surface area contributed by atoms with Gasteiger partial charge >= 0.3 is 5.97 Å². The summed E-state index contributed by atoms with van der Waals surface area (Å²) >= 11 is 0. The number of benzene rings is 2. The first-order chi connectivity index (χ1) is 11.0. The maximum Gasteiger partial charge on any atom is 0.379 e. The number of fused-ring (bicyclic) bond motifs is 3. The van der Waals surface area contributed by atoms with Crippen molar-refractivity contribution in [3.05, 3.63) is 48.0 Å². The number of aromatic nitrogens is 1. The maximum absolute atomic E-state index is 12.1. The van der Waals surface area contributed by atoms with Gasteiger partial charge in [-0.25, -0.2) is 4.79 Å². The zero-order chi connectivity index (χ0) is 16.6. The normalized spacial score (nSPS) is 10.9. The molecule has 23 heavy (non-hydrogen) atoms. The van der Waals surface area contributed by atoms with E-state index in [9.17, 15) is 14.4 Å². The van der Waals surface area contributed by atoms with Crippen molar-refractivity contribution in [2.45, 2.75) is 13.8 Å². The predicted octanol–water partition coefficient (Wildman–Crippen LogP) is 3.20. The van der Waals surface area contributed by atoms with Gasteiger partial charge in [0.05, 0.1) is 17.6 Å². The van der Waals surface area contributed by atoms with Gasteiger partial charge in [-0.05, 0) is 19.1 Å². The molecule has 5 nitrogen and oxygen atoms in total. The van der Waals surface area contributed by atoms with Crippen LogP contribution in [0.5, 0.6) is 0 Å². The zero-order valence-electron chi connectivity index (χ0n) is 12.8. The molecule has 5 heteroatoms. The fraction of sp³-hybridized carbons (Fsp3) is 0.167. The van der Waals surface area contributed by atoms with Gasteiger partial charge in [0.25, 0.3) is 5.78 Å². The van der Waals surface area contributed by atoms with Gasteiger partial charge in [0.1, 0.15) is 0 Å². The number of Topliss-reactive ketones (excluding diaryl/α,β-unsaturated/α-hetero) is 1. The summed E-state index contributed by atoms with van der Waals surface area (Å²) in [6.45, 7) is 3.24. The van der Waals surface area contributed by atoms with Gasteiger partial charge in [-0.15, -0.1) is 0 Å². The fourth-order valence-electron chi connectivity index (χ4n) is 2.77. The van der Waals surface area contributed by atoms with E-state index in [1.54, 1.807) is 29.7 Å². The summed E-state index contributed by atoms with van der Waals surface area (Å²) in [7, 11) is 0. The summed E-state index contributed by atoms with van der Waals surface area (Å²) < 4.78 is 6.29. The first-order valence-electron chi connectivity index (χ1n) is 7.30. The molecule has 1 heterocycles. The lowest BCUT2D eigenvalue weighted by Gasteiger charge is -2.04. The van der Waals surface area contributed by atoms with E-state index in [2.05, 4.69) is 0 Å². The number of para-hydroxylation sites is 1. The first-order valence-corrected chi connectivity index (χ1v) is 7.30. The molecule has 0 radical (unpaired) electrons. The molecule has 0 aliphatic carbocycles. The van der Waals surface area contributed by atoms with Crippen molar-refractivity contribution in [1.29, 1.82) is 0 Å². The minimum atomic E-state index is -0.891. The Kier molecular flexibility index (Phi) is 3.70. The standard InChI is InChI=1S/C18H15NO4/c1-3-23-18(22)17(21)12-8-9-14-13-6-4-5-7-15(13)19(11(2)20)16(14)10-12/h4-10H,3H2,1-2H3. The lowest BCUT2D eigenvalue weighted by Crippen LogP contribution is -2.17. The summed E-state index contributed by atoms with van der Waals surface area (Å²) in [6, 6.07) is 12.4. The third-order valence-corrected chi connectivity index (χ3v) is 3.71. The van der Waals surface area contributed by atoms with Crippen LogP contribution in [0, 0.1) is 0 Å². The van der Waals surface area contributed by atoms with E-state index in [4.69, 9.17) is 4.74 Å². The highest BCUT2D eigenvalue weighted by Crippen LogP contribution is 2.29. The molecule has 0 aliphatic rings. The molecule has 2 aromatic carbocycles. The van der Waals surface area contributed by atoms with E-state index in [-0.39, 0.29) is 18.1 Å². The summed E-state index contributed by atoms with van der Waals surface area (Å²) in [5.41, 5.74) is 1.59. The number of esters is 1. The quantitative estimate of drug-likeness (QED) is 0.423. The predicted molar refractivity (Wildman–Crippen MR) is 86.7 cm³/mol. The Bertz CT molecular complexity index is 952. The summed E-state index contributed by atoms with van der Waals surface area (Å²) in [4.78, 5) is 35.8. The lowest BCUT2D eigenvalue weighted by atomic mass is 10.1. The van der Waals surface area contributed by atoms with Crippen molar-refractivity contribution < 1.29 is 19.1 Å². The van der Waals surface area contributed by atoms with Crippen LogP contribution in [0.4, 0.5) is 0 Å². The second kappa shape index (κ2) is 5.68. The topological polar surface area (TPSA) is 65.4 Å². The molecular formula is C18H15NO4. The SMILES string of the molecule is CCOC(=O)C(=O)c1ccc2c3ccccc3n(C(C)=O)c2c1. The van der Waals surface area contributed by atoms with Crippen molar-refractivity contribution in [2.24, 2.45) is 0 Å². The third kappa shape index (κ3) is 2.40. The zero-order valence-corrected chi connectivity index (χ0v) is 12.8. The second-order valence-electron chi connectivity index (χ2n) is 5.15. The monoisotopic (exact) mass is 309 g/mol. The number of nitrogens with zero attached hydrogens (tertiary/aromatic N) is 1. The Morgan fingerprint density at radius 3 is 2.39 bits per heavy atom. The van der Waals surface area contributed by atoms with Crippen LogP contribution in [-0.4, -0.2) is 28.8 Å². The number of rotatable bonds is 3. The molecule has 0 spiro atoms. The Balaban J connectivity index is 2.25. The molecule has 0 unspecified atom stereocenters. The van der Waals surface area contributed by atoms with E-state index < -0.39 is 11.8 Å². The third-order valence-electron chi connectivity index (χ3n) is 3.71. The van der Waals surface area contributed by atoms with Crippen molar-refractivity contribution in [2.75, 3.05) is 6.61 Å². The van der Waals surface area contributed by atoms with Crippen LogP contribution in [0.1, 0.15) is 29.0 Å². The molecule has 1 aromatic heterocycles. The molecule has 0 aliphatic heterocycles. The second-order valence-corrected chi connectivity index (χ2v) is 5.15. The molecule has 0 atom stereocenters. The average molecular weight is 309 g/mol. The minimum absolute atomic E-state index is 0.139. The highest BCUT2D eigenvalue weighted by Gasteiger charge is 2.20. The Labute approximate surface area is 132 Å². The van der Waals surface area contributed by atoms with Gasteiger partial charge in [0.2, 0.25) is 5.91 Å². The Hall–Kier alpha value is -2.95. The molecular weight excluding hydrogens is 294 g/mol. The minimum Gasteiger partial charge on any atom is -0.460 e. The molecule has 0 bridgehead atoms. The summed E-state index contributed by atoms with van der Waals surface area (Å²) in [5, 5.41) is 1.78. The molecule has 0 fully saturated rings. The van der Waals surface area contributed by atoms with Gasteiger partial charge in [-0.1, -0.05) is 30.3 Å². The van der Waals surface area contributed by atoms with E-state index in [0.29, 0.717) is 5.52 Å². The fourth-order valence-corrected chi connectivity index (χ4v) is 2.77. The van der Waals surface area contributed by atoms with Crippen molar-refractivity contribution in [1.82, 2.24) is 4.57 Å². The van der Waals surface area contributed by atoms with Gasteiger partial charge < -0.3 is 4.74 Å². The number of ether oxygens (including phenoxy) is 1. The van der Waals surface area contributed by atoms with Crippen LogP contribution in [0.25, 0.3) is 21.8 Å². The van der Waals surface area contributed by atoms with Crippen LogP contribution in [0.15, 0.2) is 42.5 Å². The van der Waals surface area contributed by atoms with Crippen LogP contribution >= 0.6 is 0 Å². The highest BCUT2D eigenvalue weighted by molar-refractivity contribution is 6.41. The molecule has 3 rings (SSSR count). The van der Waals surface area contributed by atoms with Gasteiger partial charge in [-0.3, -0.25) is 14.2 Å². The number of hydrogen-bond donors (Lipinski definition) is 0. The number of ketones is 1. The molecule has 0 saturated heterocycles. The summed E-state index contributed by atoms with van der Waals surface area (Å²) in [6.07, 6.45) is 0. The van der Waals surface area contributed by atoms with Crippen LogP contribution in [0.3, 0.4) is 0 Å².